The van der Waals surface area contributed by atoms with E-state index in [1.54, 1.807) is 51.1 Å². The number of ether oxygens (including phenoxy) is 3. The predicted molar refractivity (Wildman–Crippen MR) is 161 cm³/mol. The van der Waals surface area contributed by atoms with Crippen LogP contribution < -0.4 is 11.1 Å². The monoisotopic (exact) mass is 651 g/mol. The van der Waals surface area contributed by atoms with E-state index in [2.05, 4.69) is 5.32 Å². The Hall–Kier alpha value is -4.00. The highest BCUT2D eigenvalue weighted by atomic mass is 35.5. The third-order valence-electron chi connectivity index (χ3n) is 6.30. The molecule has 0 aliphatic carbocycles. The van der Waals surface area contributed by atoms with Crippen molar-refractivity contribution in [1.82, 2.24) is 10.2 Å². The molecule has 14 heteroatoms. The molecule has 3 amide bonds. The molecule has 3 atom stereocenters. The lowest BCUT2D eigenvalue weighted by atomic mass is 10.0. The minimum atomic E-state index is -1.56. The molecule has 1 unspecified atom stereocenters. The molecular weight excluding hydrogens is 617 g/mol. The van der Waals surface area contributed by atoms with E-state index in [4.69, 9.17) is 43.1 Å². The van der Waals surface area contributed by atoms with Crippen molar-refractivity contribution in [3.05, 3.63) is 69.7 Å². The molecule has 238 valence electrons. The molecule has 0 fully saturated rings. The first-order chi connectivity index (χ1) is 20.8. The van der Waals surface area contributed by atoms with Crippen molar-refractivity contribution in [2.24, 2.45) is 11.7 Å². The lowest BCUT2D eigenvalue weighted by Gasteiger charge is -2.30. The Morgan fingerprint density at radius 1 is 0.886 bits per heavy atom. The normalized spacial score (nSPS) is 12.8. The van der Waals surface area contributed by atoms with Crippen LogP contribution in [0.4, 0.5) is 4.79 Å². The SMILES string of the molecule is CCOC(=O)CC(NC(=O)[C@H](C)N(C(=O)OCc1ccccc1)C(=O)[C@@H](N)C(C)C)C(=O)COC(=O)c1c(Cl)cccc1Cl. The topological polar surface area (TPSA) is 171 Å². The summed E-state index contributed by atoms with van der Waals surface area (Å²) in [7, 11) is 0. The van der Waals surface area contributed by atoms with Gasteiger partial charge in [0, 0.05) is 0 Å². The number of hydrogen-bond acceptors (Lipinski definition) is 10. The van der Waals surface area contributed by atoms with E-state index in [-0.39, 0.29) is 28.8 Å². The van der Waals surface area contributed by atoms with E-state index in [0.717, 1.165) is 0 Å². The summed E-state index contributed by atoms with van der Waals surface area (Å²) in [6, 6.07) is 8.71. The molecule has 0 aliphatic heterocycles. The van der Waals surface area contributed by atoms with Gasteiger partial charge < -0.3 is 25.3 Å². The number of esters is 2. The number of imide groups is 1. The van der Waals surface area contributed by atoms with Gasteiger partial charge in [-0.15, -0.1) is 0 Å². The Kier molecular flexibility index (Phi) is 14.3. The molecule has 0 saturated heterocycles. The van der Waals surface area contributed by atoms with Crippen molar-refractivity contribution in [2.45, 2.75) is 58.8 Å². The first-order valence-corrected chi connectivity index (χ1v) is 14.4. The van der Waals surface area contributed by atoms with Crippen molar-refractivity contribution in [2.75, 3.05) is 13.2 Å². The fourth-order valence-electron chi connectivity index (χ4n) is 3.72. The maximum Gasteiger partial charge on any atom is 0.417 e. The highest BCUT2D eigenvalue weighted by molar-refractivity contribution is 6.39. The van der Waals surface area contributed by atoms with E-state index in [1.165, 1.54) is 25.1 Å². The van der Waals surface area contributed by atoms with Crippen LogP contribution in [0.3, 0.4) is 0 Å². The molecular formula is C30H35Cl2N3O9. The summed E-state index contributed by atoms with van der Waals surface area (Å²) in [4.78, 5) is 78.2. The maximum atomic E-state index is 13.4. The first-order valence-electron chi connectivity index (χ1n) is 13.7. The van der Waals surface area contributed by atoms with Crippen LogP contribution in [-0.4, -0.2) is 71.9 Å². The molecule has 0 aliphatic rings. The maximum absolute atomic E-state index is 13.4. The highest BCUT2D eigenvalue weighted by Gasteiger charge is 2.38. The quantitative estimate of drug-likeness (QED) is 0.227. The molecule has 12 nitrogen and oxygen atoms in total. The van der Waals surface area contributed by atoms with Crippen LogP contribution in [0, 0.1) is 5.92 Å². The number of halogens is 2. The zero-order chi connectivity index (χ0) is 33.0. The number of ketones is 1. The van der Waals surface area contributed by atoms with Crippen LogP contribution >= 0.6 is 23.2 Å². The van der Waals surface area contributed by atoms with Gasteiger partial charge in [0.05, 0.1) is 34.7 Å². The minimum Gasteiger partial charge on any atom is -0.466 e. The Balaban J connectivity index is 2.25. The van der Waals surface area contributed by atoms with Gasteiger partial charge in [0.2, 0.25) is 11.8 Å². The number of nitrogens with one attached hydrogen (secondary N) is 1. The average molecular weight is 653 g/mol. The number of nitrogens with zero attached hydrogens (tertiary/aromatic N) is 1. The van der Waals surface area contributed by atoms with Crippen LogP contribution in [-0.2, 0) is 40.0 Å². The number of hydrogen-bond donors (Lipinski definition) is 2. The number of amides is 3. The fraction of sp³-hybridized carbons (Fsp3) is 0.400. The summed E-state index contributed by atoms with van der Waals surface area (Å²) in [5, 5.41) is 2.33. The number of carbonyl (C=O) groups is 6. The van der Waals surface area contributed by atoms with Gasteiger partial charge in [0.1, 0.15) is 18.7 Å². The Labute approximate surface area is 265 Å². The van der Waals surface area contributed by atoms with E-state index < -0.39 is 72.7 Å². The average Bonchev–Trinajstić information content (AvgIpc) is 2.98. The minimum absolute atomic E-state index is 0.00723. The number of nitrogens with two attached hydrogens (primary N) is 1. The Morgan fingerprint density at radius 2 is 1.50 bits per heavy atom. The number of benzene rings is 2. The molecule has 44 heavy (non-hydrogen) atoms. The molecule has 0 aromatic heterocycles. The molecule has 0 heterocycles. The lowest BCUT2D eigenvalue weighted by molar-refractivity contribution is -0.146. The van der Waals surface area contributed by atoms with Crippen molar-refractivity contribution < 1.29 is 43.0 Å². The molecule has 2 aromatic rings. The molecule has 2 aromatic carbocycles. The lowest BCUT2D eigenvalue weighted by Crippen LogP contribution is -2.58. The van der Waals surface area contributed by atoms with Gasteiger partial charge in [-0.2, -0.15) is 0 Å². The molecule has 2 rings (SSSR count). The van der Waals surface area contributed by atoms with Crippen molar-refractivity contribution in [3.8, 4) is 0 Å². The van der Waals surface area contributed by atoms with Crippen molar-refractivity contribution in [1.29, 1.82) is 0 Å². The van der Waals surface area contributed by atoms with Gasteiger partial charge in [-0.25, -0.2) is 14.5 Å². The fourth-order valence-corrected chi connectivity index (χ4v) is 4.27. The second-order valence-electron chi connectivity index (χ2n) is 9.90. The van der Waals surface area contributed by atoms with Crippen molar-refractivity contribution >= 4 is 58.8 Å². The largest absolute Gasteiger partial charge is 0.466 e. The third-order valence-corrected chi connectivity index (χ3v) is 6.93. The molecule has 0 spiro atoms. The smallest absolute Gasteiger partial charge is 0.417 e. The van der Waals surface area contributed by atoms with Crippen LogP contribution in [0.2, 0.25) is 10.0 Å². The summed E-state index contributed by atoms with van der Waals surface area (Å²) < 4.78 is 15.3. The van der Waals surface area contributed by atoms with E-state index in [9.17, 15) is 28.8 Å². The zero-order valence-electron chi connectivity index (χ0n) is 24.7. The molecule has 0 radical (unpaired) electrons. The van der Waals surface area contributed by atoms with Gasteiger partial charge >= 0.3 is 18.0 Å². The van der Waals surface area contributed by atoms with Crippen LogP contribution in [0.5, 0.6) is 0 Å². The van der Waals surface area contributed by atoms with E-state index in [0.29, 0.717) is 10.5 Å². The van der Waals surface area contributed by atoms with Crippen LogP contribution in [0.1, 0.15) is 50.0 Å². The second kappa shape index (κ2) is 17.3. The van der Waals surface area contributed by atoms with Gasteiger partial charge in [0.25, 0.3) is 0 Å². The summed E-state index contributed by atoms with van der Waals surface area (Å²) in [5.41, 5.74) is 6.47. The Bertz CT molecular complexity index is 1330. The molecule has 0 bridgehead atoms. The standard InChI is InChI=1S/C30H35Cl2N3O9/c1-5-42-24(37)14-22(23(36)16-43-29(40)25-20(31)12-9-13-21(25)32)34-27(38)18(4)35(28(39)26(33)17(2)3)30(41)44-15-19-10-7-6-8-11-19/h6-13,17-18,22,26H,5,14-16,33H2,1-4H3,(H,34,38)/t18-,22?,26-/m0/s1. The van der Waals surface area contributed by atoms with Gasteiger partial charge in [-0.05, 0) is 37.5 Å². The predicted octanol–water partition coefficient (Wildman–Crippen LogP) is 3.69. The van der Waals surface area contributed by atoms with Gasteiger partial charge in [0.15, 0.2) is 12.4 Å². The number of rotatable bonds is 14. The van der Waals surface area contributed by atoms with E-state index in [1.807, 2.05) is 0 Å². The molecule has 0 saturated carbocycles. The number of Topliss-reactive ketones (excluding diaryl/α,β-unsaturated/α-hetero) is 1. The van der Waals surface area contributed by atoms with E-state index >= 15 is 0 Å². The zero-order valence-corrected chi connectivity index (χ0v) is 26.2. The van der Waals surface area contributed by atoms with Gasteiger partial charge in [-0.1, -0.05) is 73.4 Å². The second-order valence-corrected chi connectivity index (χ2v) is 10.7. The summed E-state index contributed by atoms with van der Waals surface area (Å²) in [6.45, 7) is 5.02. The third kappa shape index (κ3) is 10.3. The highest BCUT2D eigenvalue weighted by Crippen LogP contribution is 2.25. The van der Waals surface area contributed by atoms with Gasteiger partial charge in [-0.3, -0.25) is 19.2 Å². The van der Waals surface area contributed by atoms with Crippen LogP contribution in [0.25, 0.3) is 0 Å². The van der Waals surface area contributed by atoms with Crippen molar-refractivity contribution in [3.63, 3.8) is 0 Å². The van der Waals surface area contributed by atoms with Crippen LogP contribution in [0.15, 0.2) is 48.5 Å². The first kappa shape index (κ1) is 36.2. The summed E-state index contributed by atoms with van der Waals surface area (Å²) in [6.07, 6.45) is -1.77. The number of carbonyl (C=O) groups excluding carboxylic acids is 6. The Morgan fingerprint density at radius 3 is 2.07 bits per heavy atom. The molecule has 3 N–H and O–H groups in total. The summed E-state index contributed by atoms with van der Waals surface area (Å²) in [5.74, 6) is -5.02. The summed E-state index contributed by atoms with van der Waals surface area (Å²) >= 11 is 12.0.